The molecule has 1 aliphatic rings. The van der Waals surface area contributed by atoms with E-state index in [0.717, 1.165) is 32.1 Å². The van der Waals surface area contributed by atoms with Crippen molar-refractivity contribution in [1.29, 1.82) is 0 Å². The SMILES string of the molecule is C/C=C1/CN(CC(C)(C)C)Nc2c(-c3ccc(OCC(C)C)cc3)ccc(-c3ccc(COCC(C)C)cc3)c21. The number of hydrogen-bond donors (Lipinski definition) is 1. The Morgan fingerprint density at radius 2 is 1.43 bits per heavy atom. The van der Waals surface area contributed by atoms with Crippen molar-refractivity contribution >= 4 is 11.3 Å². The van der Waals surface area contributed by atoms with Crippen LogP contribution in [0.5, 0.6) is 5.75 Å². The zero-order chi connectivity index (χ0) is 28.9. The minimum absolute atomic E-state index is 0.171. The molecule has 4 heteroatoms. The van der Waals surface area contributed by atoms with Gasteiger partial charge >= 0.3 is 0 Å². The van der Waals surface area contributed by atoms with Gasteiger partial charge in [0.2, 0.25) is 0 Å². The summed E-state index contributed by atoms with van der Waals surface area (Å²) in [6.45, 7) is 21.7. The minimum Gasteiger partial charge on any atom is -0.493 e. The number of nitrogens with zero attached hydrogens (tertiary/aromatic N) is 1. The largest absolute Gasteiger partial charge is 0.493 e. The summed E-state index contributed by atoms with van der Waals surface area (Å²) in [7, 11) is 0. The van der Waals surface area contributed by atoms with E-state index in [1.165, 1.54) is 44.6 Å². The Hall–Kier alpha value is -3.08. The maximum atomic E-state index is 5.96. The van der Waals surface area contributed by atoms with Crippen LogP contribution in [-0.2, 0) is 11.3 Å². The van der Waals surface area contributed by atoms with Crippen molar-refractivity contribution in [3.05, 3.63) is 77.9 Å². The summed E-state index contributed by atoms with van der Waals surface area (Å²) in [5.74, 6) is 1.95. The van der Waals surface area contributed by atoms with Crippen LogP contribution in [0.2, 0.25) is 0 Å². The average molecular weight is 541 g/mol. The molecule has 0 aliphatic carbocycles. The molecular weight excluding hydrogens is 492 g/mol. The molecule has 0 radical (unpaired) electrons. The van der Waals surface area contributed by atoms with E-state index in [4.69, 9.17) is 9.47 Å². The van der Waals surface area contributed by atoms with Gasteiger partial charge in [-0.2, -0.15) is 0 Å². The van der Waals surface area contributed by atoms with E-state index in [2.05, 4.69) is 133 Å². The first-order valence-electron chi connectivity index (χ1n) is 14.8. The molecule has 0 atom stereocenters. The van der Waals surface area contributed by atoms with Gasteiger partial charge in [0.05, 0.1) is 18.9 Å². The summed E-state index contributed by atoms with van der Waals surface area (Å²) in [5, 5.41) is 2.36. The van der Waals surface area contributed by atoms with Crippen molar-refractivity contribution in [2.75, 3.05) is 31.7 Å². The molecular formula is C36H48N2O2. The molecule has 4 nitrogen and oxygen atoms in total. The van der Waals surface area contributed by atoms with Crippen molar-refractivity contribution in [2.45, 2.75) is 62.0 Å². The summed E-state index contributed by atoms with van der Waals surface area (Å²) in [5.41, 5.74) is 13.9. The number of hydrogen-bond acceptors (Lipinski definition) is 4. The van der Waals surface area contributed by atoms with E-state index in [1.54, 1.807) is 0 Å². The van der Waals surface area contributed by atoms with Crippen molar-refractivity contribution < 1.29 is 9.47 Å². The Kier molecular flexibility index (Phi) is 9.76. The Morgan fingerprint density at radius 3 is 2.02 bits per heavy atom. The molecule has 0 spiro atoms. The predicted molar refractivity (Wildman–Crippen MR) is 170 cm³/mol. The molecule has 3 aromatic carbocycles. The van der Waals surface area contributed by atoms with Gasteiger partial charge in [0.1, 0.15) is 5.75 Å². The summed E-state index contributed by atoms with van der Waals surface area (Å²) in [4.78, 5) is 0. The second-order valence-corrected chi connectivity index (χ2v) is 13.1. The third-order valence-corrected chi connectivity index (χ3v) is 6.90. The maximum absolute atomic E-state index is 5.96. The number of benzene rings is 3. The Labute approximate surface area is 242 Å². The molecule has 1 heterocycles. The van der Waals surface area contributed by atoms with Crippen LogP contribution >= 0.6 is 0 Å². The third-order valence-electron chi connectivity index (χ3n) is 6.90. The molecule has 40 heavy (non-hydrogen) atoms. The van der Waals surface area contributed by atoms with Crippen molar-refractivity contribution in [3.8, 4) is 28.0 Å². The fraction of sp³-hybridized carbons (Fsp3) is 0.444. The molecule has 0 bridgehead atoms. The van der Waals surface area contributed by atoms with Gasteiger partial charge in [-0.1, -0.05) is 103 Å². The van der Waals surface area contributed by atoms with Crippen LogP contribution in [0, 0.1) is 17.3 Å². The van der Waals surface area contributed by atoms with Gasteiger partial charge in [-0.05, 0) is 64.1 Å². The summed E-state index contributed by atoms with van der Waals surface area (Å²) in [6.07, 6.45) is 2.28. The Morgan fingerprint density at radius 1 is 0.825 bits per heavy atom. The number of fused-ring (bicyclic) bond motifs is 1. The van der Waals surface area contributed by atoms with Crippen molar-refractivity contribution in [1.82, 2.24) is 5.01 Å². The minimum atomic E-state index is 0.171. The second kappa shape index (κ2) is 13.1. The zero-order valence-corrected chi connectivity index (χ0v) is 25.8. The van der Waals surface area contributed by atoms with Crippen LogP contribution in [0.25, 0.3) is 27.8 Å². The van der Waals surface area contributed by atoms with Gasteiger partial charge < -0.3 is 14.9 Å². The van der Waals surface area contributed by atoms with Crippen LogP contribution in [0.3, 0.4) is 0 Å². The molecule has 1 aliphatic heterocycles. The lowest BCUT2D eigenvalue weighted by Crippen LogP contribution is -2.41. The highest BCUT2D eigenvalue weighted by atomic mass is 16.5. The lowest BCUT2D eigenvalue weighted by molar-refractivity contribution is 0.0971. The summed E-state index contributed by atoms with van der Waals surface area (Å²) in [6, 6.07) is 21.9. The van der Waals surface area contributed by atoms with Gasteiger partial charge in [-0.15, -0.1) is 0 Å². The zero-order valence-electron chi connectivity index (χ0n) is 25.8. The molecule has 0 saturated heterocycles. The van der Waals surface area contributed by atoms with Crippen molar-refractivity contribution in [3.63, 3.8) is 0 Å². The van der Waals surface area contributed by atoms with Crippen LogP contribution in [0.1, 0.15) is 66.5 Å². The first kappa shape index (κ1) is 29.9. The fourth-order valence-corrected chi connectivity index (χ4v) is 5.11. The van der Waals surface area contributed by atoms with E-state index in [1.807, 2.05) is 0 Å². The topological polar surface area (TPSA) is 33.7 Å². The van der Waals surface area contributed by atoms with Gasteiger partial charge in [0, 0.05) is 30.8 Å². The van der Waals surface area contributed by atoms with Crippen molar-refractivity contribution in [2.24, 2.45) is 17.3 Å². The standard InChI is InChI=1S/C36H48N2O2/c1-9-28-20-38(24-36(6,7)8)37-35-33(30-14-16-31(17-15-30)40-22-26(4)5)19-18-32(34(28)35)29-12-10-27(11-13-29)23-39-21-25(2)3/h9-19,25-26,37H,20-24H2,1-8H3/b28-9-. The highest BCUT2D eigenvalue weighted by molar-refractivity contribution is 5.97. The highest BCUT2D eigenvalue weighted by Gasteiger charge is 2.28. The highest BCUT2D eigenvalue weighted by Crippen LogP contribution is 2.44. The molecule has 3 aromatic rings. The van der Waals surface area contributed by atoms with E-state index < -0.39 is 0 Å². The number of allylic oxidation sites excluding steroid dienone is 1. The molecule has 4 rings (SSSR count). The number of nitrogens with one attached hydrogen (secondary N) is 1. The van der Waals surface area contributed by atoms with E-state index in [9.17, 15) is 0 Å². The van der Waals surface area contributed by atoms with Crippen LogP contribution < -0.4 is 10.2 Å². The monoisotopic (exact) mass is 540 g/mol. The lowest BCUT2D eigenvalue weighted by Gasteiger charge is -2.38. The lowest BCUT2D eigenvalue weighted by atomic mass is 9.86. The normalized spacial score (nSPS) is 15.0. The smallest absolute Gasteiger partial charge is 0.119 e. The quantitative estimate of drug-likeness (QED) is 0.278. The number of rotatable bonds is 10. The molecule has 0 saturated carbocycles. The van der Waals surface area contributed by atoms with Crippen LogP contribution in [-0.4, -0.2) is 31.3 Å². The fourth-order valence-electron chi connectivity index (χ4n) is 5.11. The summed E-state index contributed by atoms with van der Waals surface area (Å²) < 4.78 is 11.8. The third kappa shape index (κ3) is 7.77. The first-order chi connectivity index (χ1) is 19.0. The van der Waals surface area contributed by atoms with Gasteiger partial charge in [0.25, 0.3) is 0 Å². The maximum Gasteiger partial charge on any atom is 0.119 e. The van der Waals surface area contributed by atoms with E-state index >= 15 is 0 Å². The molecule has 1 N–H and O–H groups in total. The number of anilines is 1. The number of hydrazine groups is 1. The van der Waals surface area contributed by atoms with Gasteiger partial charge in [-0.25, -0.2) is 5.01 Å². The number of ether oxygens (including phenoxy) is 2. The Bertz CT molecular complexity index is 1280. The van der Waals surface area contributed by atoms with Crippen LogP contribution in [0.15, 0.2) is 66.7 Å². The molecule has 0 aromatic heterocycles. The molecule has 0 unspecified atom stereocenters. The van der Waals surface area contributed by atoms with Crippen LogP contribution in [0.4, 0.5) is 5.69 Å². The van der Waals surface area contributed by atoms with Gasteiger partial charge in [0.15, 0.2) is 0 Å². The van der Waals surface area contributed by atoms with E-state index in [-0.39, 0.29) is 5.41 Å². The Balaban J connectivity index is 1.73. The first-order valence-corrected chi connectivity index (χ1v) is 14.8. The second-order valence-electron chi connectivity index (χ2n) is 13.1. The molecule has 214 valence electrons. The predicted octanol–water partition coefficient (Wildman–Crippen LogP) is 9.32. The van der Waals surface area contributed by atoms with E-state index in [0.29, 0.717) is 18.4 Å². The summed E-state index contributed by atoms with van der Waals surface area (Å²) >= 11 is 0. The molecule has 0 amide bonds. The average Bonchev–Trinajstić information content (AvgIpc) is 2.90. The molecule has 0 fully saturated rings. The van der Waals surface area contributed by atoms with Gasteiger partial charge in [-0.3, -0.25) is 0 Å².